The Morgan fingerprint density at radius 2 is 2.08 bits per heavy atom. The van der Waals surface area contributed by atoms with Gasteiger partial charge in [-0.15, -0.1) is 11.8 Å². The first-order valence-electron chi connectivity index (χ1n) is 4.03. The monoisotopic (exact) mass is 214 g/mol. The summed E-state index contributed by atoms with van der Waals surface area (Å²) in [7, 11) is 0. The first kappa shape index (κ1) is 10.6. The molecular formula is C10H11ClOS. The van der Waals surface area contributed by atoms with Gasteiger partial charge in [-0.25, -0.2) is 0 Å². The van der Waals surface area contributed by atoms with Crippen LogP contribution in [0.5, 0.6) is 0 Å². The summed E-state index contributed by atoms with van der Waals surface area (Å²) in [6, 6.07) is 7.96. The molecule has 0 aromatic heterocycles. The Bertz CT molecular complexity index is 312. The molecule has 0 saturated carbocycles. The van der Waals surface area contributed by atoms with E-state index in [1.807, 2.05) is 38.1 Å². The lowest BCUT2D eigenvalue weighted by Gasteiger charge is -2.07. The number of aryl methyl sites for hydroxylation is 1. The van der Waals surface area contributed by atoms with Gasteiger partial charge in [-0.1, -0.05) is 18.2 Å². The topological polar surface area (TPSA) is 17.1 Å². The minimum Gasteiger partial charge on any atom is -0.280 e. The number of carbonyl (C=O) groups is 1. The minimum absolute atomic E-state index is 0.178. The predicted octanol–water partition coefficient (Wildman–Crippen LogP) is 3.24. The molecule has 13 heavy (non-hydrogen) atoms. The molecule has 1 atom stereocenters. The Kier molecular flexibility index (Phi) is 3.82. The van der Waals surface area contributed by atoms with E-state index in [0.717, 1.165) is 4.90 Å². The quantitative estimate of drug-likeness (QED) is 0.568. The van der Waals surface area contributed by atoms with Crippen LogP contribution in [0.15, 0.2) is 29.2 Å². The van der Waals surface area contributed by atoms with Gasteiger partial charge in [0.15, 0.2) is 0 Å². The van der Waals surface area contributed by atoms with Crippen LogP contribution in [0.25, 0.3) is 0 Å². The van der Waals surface area contributed by atoms with Gasteiger partial charge >= 0.3 is 0 Å². The highest BCUT2D eigenvalue weighted by Gasteiger charge is 2.11. The Morgan fingerprint density at radius 3 is 2.62 bits per heavy atom. The first-order valence-corrected chi connectivity index (χ1v) is 5.28. The van der Waals surface area contributed by atoms with Crippen molar-refractivity contribution in [2.24, 2.45) is 0 Å². The number of halogens is 1. The molecular weight excluding hydrogens is 204 g/mol. The number of thioether (sulfide) groups is 1. The van der Waals surface area contributed by atoms with Crippen molar-refractivity contribution in [3.05, 3.63) is 29.8 Å². The molecule has 0 spiro atoms. The number of hydrogen-bond acceptors (Lipinski definition) is 2. The molecule has 0 radical (unpaired) electrons. The molecule has 1 rings (SSSR count). The van der Waals surface area contributed by atoms with Gasteiger partial charge in [-0.2, -0.15) is 0 Å². The predicted molar refractivity (Wildman–Crippen MR) is 57.4 cm³/mol. The van der Waals surface area contributed by atoms with E-state index in [0.29, 0.717) is 0 Å². The van der Waals surface area contributed by atoms with Crippen molar-refractivity contribution in [2.45, 2.75) is 24.0 Å². The molecule has 0 heterocycles. The molecule has 1 aromatic rings. The fraction of sp³-hybridized carbons (Fsp3) is 0.300. The molecule has 0 aliphatic carbocycles. The Hall–Kier alpha value is -0.470. The lowest BCUT2D eigenvalue weighted by molar-refractivity contribution is -0.111. The van der Waals surface area contributed by atoms with Gasteiger partial charge in [0.1, 0.15) is 0 Å². The van der Waals surface area contributed by atoms with Gasteiger partial charge in [0.05, 0.1) is 5.25 Å². The molecule has 0 aliphatic rings. The van der Waals surface area contributed by atoms with Crippen LogP contribution in [0.1, 0.15) is 12.5 Å². The van der Waals surface area contributed by atoms with E-state index in [1.165, 1.54) is 17.3 Å². The smallest absolute Gasteiger partial charge is 0.234 e. The van der Waals surface area contributed by atoms with E-state index in [9.17, 15) is 4.79 Å². The molecule has 3 heteroatoms. The molecule has 1 unspecified atom stereocenters. The Morgan fingerprint density at radius 1 is 1.46 bits per heavy atom. The van der Waals surface area contributed by atoms with E-state index in [1.54, 1.807) is 0 Å². The van der Waals surface area contributed by atoms with Gasteiger partial charge in [0, 0.05) is 4.90 Å². The van der Waals surface area contributed by atoms with Crippen molar-refractivity contribution in [3.63, 3.8) is 0 Å². The number of carbonyl (C=O) groups excluding carboxylic acids is 1. The van der Waals surface area contributed by atoms with E-state index >= 15 is 0 Å². The maximum absolute atomic E-state index is 10.8. The lowest BCUT2D eigenvalue weighted by atomic mass is 10.2. The maximum atomic E-state index is 10.8. The molecule has 0 bridgehead atoms. The van der Waals surface area contributed by atoms with E-state index < -0.39 is 0 Å². The summed E-state index contributed by atoms with van der Waals surface area (Å²) < 4.78 is 0. The van der Waals surface area contributed by atoms with Gasteiger partial charge in [0.25, 0.3) is 0 Å². The normalized spacial score (nSPS) is 12.5. The van der Waals surface area contributed by atoms with Crippen LogP contribution < -0.4 is 0 Å². The molecule has 1 aromatic carbocycles. The van der Waals surface area contributed by atoms with Crippen LogP contribution in [0.4, 0.5) is 0 Å². The van der Waals surface area contributed by atoms with Crippen molar-refractivity contribution in [3.8, 4) is 0 Å². The summed E-state index contributed by atoms with van der Waals surface area (Å²) in [5.74, 6) is 0. The summed E-state index contributed by atoms with van der Waals surface area (Å²) in [5.41, 5.74) is 1.18. The van der Waals surface area contributed by atoms with Crippen molar-refractivity contribution in [1.29, 1.82) is 0 Å². The summed E-state index contributed by atoms with van der Waals surface area (Å²) >= 11 is 6.87. The van der Waals surface area contributed by atoms with Crippen LogP contribution in [-0.2, 0) is 4.79 Å². The van der Waals surface area contributed by atoms with Crippen LogP contribution in [0.3, 0.4) is 0 Å². The van der Waals surface area contributed by atoms with Crippen molar-refractivity contribution >= 4 is 28.6 Å². The molecule has 70 valence electrons. The summed E-state index contributed by atoms with van der Waals surface area (Å²) in [6.45, 7) is 3.83. The third-order valence-electron chi connectivity index (χ3n) is 1.72. The third-order valence-corrected chi connectivity index (χ3v) is 3.45. The zero-order valence-corrected chi connectivity index (χ0v) is 9.15. The van der Waals surface area contributed by atoms with Gasteiger partial charge in [0.2, 0.25) is 5.24 Å². The fourth-order valence-electron chi connectivity index (χ4n) is 0.925. The van der Waals surface area contributed by atoms with E-state index in [-0.39, 0.29) is 10.5 Å². The standard InChI is InChI=1S/C10H11ClOS/c1-7-5-3-4-6-9(7)13-8(2)10(11)12/h3-6,8H,1-2H3. The first-order chi connectivity index (χ1) is 6.11. The van der Waals surface area contributed by atoms with Crippen molar-refractivity contribution < 1.29 is 4.79 Å². The van der Waals surface area contributed by atoms with Gasteiger partial charge in [-0.05, 0) is 37.1 Å². The van der Waals surface area contributed by atoms with Gasteiger partial charge in [-0.3, -0.25) is 4.79 Å². The number of benzene rings is 1. The largest absolute Gasteiger partial charge is 0.280 e. The molecule has 0 saturated heterocycles. The molecule has 0 N–H and O–H groups in total. The Balaban J connectivity index is 2.74. The lowest BCUT2D eigenvalue weighted by Crippen LogP contribution is -2.05. The van der Waals surface area contributed by atoms with Gasteiger partial charge < -0.3 is 0 Å². The molecule has 0 fully saturated rings. The zero-order valence-electron chi connectivity index (χ0n) is 7.58. The zero-order chi connectivity index (χ0) is 9.84. The molecule has 0 amide bonds. The summed E-state index contributed by atoms with van der Waals surface area (Å²) in [5, 5.41) is -0.476. The second-order valence-electron chi connectivity index (χ2n) is 2.83. The van der Waals surface area contributed by atoms with Crippen LogP contribution in [0.2, 0.25) is 0 Å². The molecule has 0 aliphatic heterocycles. The number of rotatable bonds is 3. The molecule has 1 nitrogen and oxygen atoms in total. The van der Waals surface area contributed by atoms with Crippen LogP contribution in [0, 0.1) is 6.92 Å². The van der Waals surface area contributed by atoms with E-state index in [2.05, 4.69) is 0 Å². The average molecular weight is 215 g/mol. The van der Waals surface area contributed by atoms with Crippen molar-refractivity contribution in [1.82, 2.24) is 0 Å². The highest BCUT2D eigenvalue weighted by Crippen LogP contribution is 2.27. The second-order valence-corrected chi connectivity index (χ2v) is 4.58. The SMILES string of the molecule is Cc1ccccc1SC(C)C(=O)Cl. The highest BCUT2D eigenvalue weighted by atomic mass is 35.5. The maximum Gasteiger partial charge on any atom is 0.234 e. The number of hydrogen-bond donors (Lipinski definition) is 0. The Labute approximate surface area is 87.5 Å². The highest BCUT2D eigenvalue weighted by molar-refractivity contribution is 8.00. The summed E-state index contributed by atoms with van der Waals surface area (Å²) in [6.07, 6.45) is 0. The minimum atomic E-state index is -0.298. The second kappa shape index (κ2) is 4.68. The van der Waals surface area contributed by atoms with Crippen LogP contribution in [-0.4, -0.2) is 10.5 Å². The fourth-order valence-corrected chi connectivity index (χ4v) is 1.94. The average Bonchev–Trinajstić information content (AvgIpc) is 2.08. The van der Waals surface area contributed by atoms with Crippen LogP contribution >= 0.6 is 23.4 Å². The summed E-state index contributed by atoms with van der Waals surface area (Å²) in [4.78, 5) is 11.9. The third kappa shape index (κ3) is 3.05. The van der Waals surface area contributed by atoms with Crippen molar-refractivity contribution in [2.75, 3.05) is 0 Å². The van der Waals surface area contributed by atoms with E-state index in [4.69, 9.17) is 11.6 Å².